The first kappa shape index (κ1) is 19.6. The van der Waals surface area contributed by atoms with Gasteiger partial charge in [-0.1, -0.05) is 18.9 Å². The molecule has 5 nitrogen and oxygen atoms in total. The standard InChI is InChI=1S/C23H25FN2O3/c1-29-23-9-8-15(12-18(23)24)11-17-13-20(26-19(17)6-4-10-25-26)22(28)14-16-5-2-3-7-21(16)27/h4,6,8-10,12-13,16,21,27H,2-3,5,7,11,14H2,1H3/t16-,21+/m1/s1. The molecule has 6 heteroatoms. The van der Waals surface area contributed by atoms with E-state index < -0.39 is 11.9 Å². The predicted octanol–water partition coefficient (Wildman–Crippen LogP) is 4.20. The molecule has 0 amide bonds. The average molecular weight is 396 g/mol. The van der Waals surface area contributed by atoms with Gasteiger partial charge in [-0.15, -0.1) is 0 Å². The molecule has 3 aromatic rings. The molecule has 2 heterocycles. The summed E-state index contributed by atoms with van der Waals surface area (Å²) in [6, 6.07) is 10.5. The lowest BCUT2D eigenvalue weighted by Crippen LogP contribution is -2.27. The second kappa shape index (κ2) is 8.33. The zero-order chi connectivity index (χ0) is 20.4. The summed E-state index contributed by atoms with van der Waals surface area (Å²) < 4.78 is 20.7. The molecule has 0 aliphatic heterocycles. The fourth-order valence-electron chi connectivity index (χ4n) is 4.26. The van der Waals surface area contributed by atoms with Crippen molar-refractivity contribution in [1.82, 2.24) is 9.61 Å². The highest BCUT2D eigenvalue weighted by Crippen LogP contribution is 2.29. The minimum Gasteiger partial charge on any atom is -0.494 e. The molecule has 0 bridgehead atoms. The number of ether oxygens (including phenoxy) is 1. The number of carbonyl (C=O) groups excluding carboxylic acids is 1. The Hall–Kier alpha value is -2.73. The van der Waals surface area contributed by atoms with Crippen LogP contribution in [0.5, 0.6) is 5.75 Å². The molecule has 0 spiro atoms. The Morgan fingerprint density at radius 1 is 1.28 bits per heavy atom. The Morgan fingerprint density at radius 3 is 2.86 bits per heavy atom. The highest BCUT2D eigenvalue weighted by Gasteiger charge is 2.27. The number of aliphatic hydroxyl groups is 1. The lowest BCUT2D eigenvalue weighted by molar-refractivity contribution is 0.0580. The van der Waals surface area contributed by atoms with E-state index in [4.69, 9.17) is 4.74 Å². The second-order valence-corrected chi connectivity index (χ2v) is 7.76. The van der Waals surface area contributed by atoms with E-state index in [1.54, 1.807) is 16.8 Å². The van der Waals surface area contributed by atoms with E-state index in [1.165, 1.54) is 13.2 Å². The van der Waals surface area contributed by atoms with Crippen LogP contribution in [0.3, 0.4) is 0 Å². The summed E-state index contributed by atoms with van der Waals surface area (Å²) in [4.78, 5) is 13.0. The third-order valence-electron chi connectivity index (χ3n) is 5.83. The van der Waals surface area contributed by atoms with Gasteiger partial charge >= 0.3 is 0 Å². The number of aromatic nitrogens is 2. The number of fused-ring (bicyclic) bond motifs is 1. The van der Waals surface area contributed by atoms with Crippen molar-refractivity contribution in [2.75, 3.05) is 7.11 Å². The Kier molecular flexibility index (Phi) is 5.62. The summed E-state index contributed by atoms with van der Waals surface area (Å²) in [5.41, 5.74) is 3.05. The summed E-state index contributed by atoms with van der Waals surface area (Å²) in [6.07, 6.45) is 5.75. The molecule has 2 atom stereocenters. The molecule has 0 radical (unpaired) electrons. The first-order valence-corrected chi connectivity index (χ1v) is 10.1. The predicted molar refractivity (Wildman–Crippen MR) is 108 cm³/mol. The fourth-order valence-corrected chi connectivity index (χ4v) is 4.26. The van der Waals surface area contributed by atoms with Gasteiger partial charge in [0.1, 0.15) is 5.69 Å². The number of hydrogen-bond acceptors (Lipinski definition) is 4. The first-order chi connectivity index (χ1) is 14.1. The van der Waals surface area contributed by atoms with Crippen molar-refractivity contribution in [2.45, 2.75) is 44.6 Å². The van der Waals surface area contributed by atoms with E-state index in [1.807, 2.05) is 24.3 Å². The van der Waals surface area contributed by atoms with Crippen LogP contribution >= 0.6 is 0 Å². The molecule has 0 saturated heterocycles. The second-order valence-electron chi connectivity index (χ2n) is 7.76. The SMILES string of the molecule is COc1ccc(Cc2cc(C(=O)C[C@H]3CCCC[C@@H]3O)n3ncccc23)cc1F. The van der Waals surface area contributed by atoms with Crippen LogP contribution in [0.2, 0.25) is 0 Å². The smallest absolute Gasteiger partial charge is 0.181 e. The van der Waals surface area contributed by atoms with Gasteiger partial charge in [-0.25, -0.2) is 8.91 Å². The zero-order valence-electron chi connectivity index (χ0n) is 16.5. The molecule has 2 aromatic heterocycles. The summed E-state index contributed by atoms with van der Waals surface area (Å²) in [6.45, 7) is 0. The maximum atomic E-state index is 14.1. The average Bonchev–Trinajstić information content (AvgIpc) is 3.09. The van der Waals surface area contributed by atoms with Gasteiger partial charge in [0.2, 0.25) is 0 Å². The van der Waals surface area contributed by atoms with E-state index in [0.717, 1.165) is 42.3 Å². The maximum absolute atomic E-state index is 14.1. The highest BCUT2D eigenvalue weighted by atomic mass is 19.1. The van der Waals surface area contributed by atoms with Crippen LogP contribution < -0.4 is 4.74 Å². The summed E-state index contributed by atoms with van der Waals surface area (Å²) in [5, 5.41) is 14.6. The van der Waals surface area contributed by atoms with Crippen LogP contribution in [-0.4, -0.2) is 33.7 Å². The maximum Gasteiger partial charge on any atom is 0.181 e. The molecule has 1 saturated carbocycles. The Bertz CT molecular complexity index is 1030. The van der Waals surface area contributed by atoms with Crippen molar-refractivity contribution in [1.29, 1.82) is 0 Å². The van der Waals surface area contributed by atoms with Crippen LogP contribution in [-0.2, 0) is 6.42 Å². The van der Waals surface area contributed by atoms with Gasteiger partial charge in [-0.2, -0.15) is 5.10 Å². The molecular formula is C23H25FN2O3. The molecule has 152 valence electrons. The molecule has 0 unspecified atom stereocenters. The van der Waals surface area contributed by atoms with Crippen molar-refractivity contribution in [3.8, 4) is 5.75 Å². The van der Waals surface area contributed by atoms with Gasteiger partial charge in [0, 0.05) is 12.6 Å². The number of benzene rings is 1. The normalized spacial score (nSPS) is 19.4. The Morgan fingerprint density at radius 2 is 2.10 bits per heavy atom. The molecule has 1 aromatic carbocycles. The van der Waals surface area contributed by atoms with Gasteiger partial charge in [0.05, 0.1) is 18.7 Å². The molecule has 29 heavy (non-hydrogen) atoms. The van der Waals surface area contributed by atoms with E-state index >= 15 is 0 Å². The van der Waals surface area contributed by atoms with Gasteiger partial charge in [0.25, 0.3) is 0 Å². The zero-order valence-corrected chi connectivity index (χ0v) is 16.5. The number of halogens is 1. The minimum absolute atomic E-state index is 0.00430. The monoisotopic (exact) mass is 396 g/mol. The van der Waals surface area contributed by atoms with Crippen LogP contribution in [0, 0.1) is 11.7 Å². The van der Waals surface area contributed by atoms with E-state index in [2.05, 4.69) is 5.10 Å². The summed E-state index contributed by atoms with van der Waals surface area (Å²) in [7, 11) is 1.44. The number of nitrogens with zero attached hydrogens (tertiary/aromatic N) is 2. The molecular weight excluding hydrogens is 371 g/mol. The minimum atomic E-state index is -0.409. The molecule has 1 N–H and O–H groups in total. The van der Waals surface area contributed by atoms with Crippen LogP contribution in [0.15, 0.2) is 42.6 Å². The van der Waals surface area contributed by atoms with Gasteiger partial charge in [-0.3, -0.25) is 4.79 Å². The lowest BCUT2D eigenvalue weighted by Gasteiger charge is -2.26. The largest absolute Gasteiger partial charge is 0.494 e. The Balaban J connectivity index is 1.63. The van der Waals surface area contributed by atoms with Crippen molar-refractivity contribution < 1.29 is 19.0 Å². The molecule has 1 aliphatic rings. The molecule has 1 aliphatic carbocycles. The fraction of sp³-hybridized carbons (Fsp3) is 0.391. The number of ketones is 1. The lowest BCUT2D eigenvalue weighted by atomic mass is 9.83. The van der Waals surface area contributed by atoms with E-state index in [9.17, 15) is 14.3 Å². The topological polar surface area (TPSA) is 63.8 Å². The van der Waals surface area contributed by atoms with Gasteiger partial charge < -0.3 is 9.84 Å². The number of methoxy groups -OCH3 is 1. The third kappa shape index (κ3) is 4.03. The van der Waals surface area contributed by atoms with Gasteiger partial charge in [0.15, 0.2) is 17.3 Å². The quantitative estimate of drug-likeness (QED) is 0.635. The van der Waals surface area contributed by atoms with Crippen molar-refractivity contribution in [2.24, 2.45) is 5.92 Å². The summed E-state index contributed by atoms with van der Waals surface area (Å²) >= 11 is 0. The van der Waals surface area contributed by atoms with Crippen LogP contribution in [0.1, 0.15) is 53.7 Å². The van der Waals surface area contributed by atoms with Crippen LogP contribution in [0.25, 0.3) is 5.52 Å². The first-order valence-electron chi connectivity index (χ1n) is 10.1. The highest BCUT2D eigenvalue weighted by molar-refractivity contribution is 5.96. The van der Waals surface area contributed by atoms with Crippen LogP contribution in [0.4, 0.5) is 4.39 Å². The molecule has 1 fully saturated rings. The van der Waals surface area contributed by atoms with E-state index in [0.29, 0.717) is 18.5 Å². The van der Waals surface area contributed by atoms with Crippen molar-refractivity contribution in [3.05, 3.63) is 65.2 Å². The Labute approximate surface area is 169 Å². The third-order valence-corrected chi connectivity index (χ3v) is 5.83. The summed E-state index contributed by atoms with van der Waals surface area (Å²) in [5.74, 6) is -0.213. The van der Waals surface area contributed by atoms with Crippen molar-refractivity contribution >= 4 is 11.3 Å². The number of hydrogen-bond donors (Lipinski definition) is 1. The van der Waals surface area contributed by atoms with Gasteiger partial charge in [-0.05, 0) is 66.6 Å². The number of rotatable bonds is 6. The van der Waals surface area contributed by atoms with E-state index in [-0.39, 0.29) is 17.5 Å². The van der Waals surface area contributed by atoms with Crippen molar-refractivity contribution in [3.63, 3.8) is 0 Å². The number of aliphatic hydroxyl groups excluding tert-OH is 1. The number of carbonyl (C=O) groups is 1. The number of Topliss-reactive ketones (excluding diaryl/α,β-unsaturated/α-hetero) is 1. The molecule has 4 rings (SSSR count).